The Hall–Kier alpha value is -3.14. The van der Waals surface area contributed by atoms with Gasteiger partial charge in [-0.15, -0.1) is 0 Å². The largest absolute Gasteiger partial charge is 0.496 e. The summed E-state index contributed by atoms with van der Waals surface area (Å²) in [7, 11) is 7.74. The molecule has 0 atom stereocenters. The molecule has 4 nitrogen and oxygen atoms in total. The Kier molecular flexibility index (Phi) is 4.63. The average molecular weight is 374 g/mol. The number of methoxy groups -OCH3 is 2. The van der Waals surface area contributed by atoms with Crippen LogP contribution in [0.15, 0.2) is 72.8 Å². The van der Waals surface area contributed by atoms with Gasteiger partial charge in [-0.25, -0.2) is 0 Å². The second-order valence-electron chi connectivity index (χ2n) is 7.12. The number of anilines is 2. The highest BCUT2D eigenvalue weighted by atomic mass is 16.5. The van der Waals surface area contributed by atoms with E-state index in [9.17, 15) is 0 Å². The van der Waals surface area contributed by atoms with Crippen LogP contribution in [0.3, 0.4) is 0 Å². The minimum absolute atomic E-state index is 0.483. The summed E-state index contributed by atoms with van der Waals surface area (Å²) >= 11 is 0. The summed E-state index contributed by atoms with van der Waals surface area (Å²) in [4.78, 5) is 4.69. The lowest BCUT2D eigenvalue weighted by Crippen LogP contribution is -2.53. The highest BCUT2D eigenvalue weighted by molar-refractivity contribution is 5.81. The van der Waals surface area contributed by atoms with Gasteiger partial charge in [0.15, 0.2) is 5.66 Å². The molecule has 1 heterocycles. The molecule has 1 aliphatic heterocycles. The van der Waals surface area contributed by atoms with Crippen molar-refractivity contribution in [3.63, 3.8) is 0 Å². The SMILES string of the molecule is COc1cccc(OC)c1C1(Cc2ccccc2)N(C)c2ccccc2N1C. The number of likely N-dealkylation sites (N-methyl/N-ethyl adjacent to an activating group) is 2. The summed E-state index contributed by atoms with van der Waals surface area (Å²) in [5.41, 5.74) is 4.18. The molecule has 0 saturated heterocycles. The average Bonchev–Trinajstić information content (AvgIpc) is 2.96. The van der Waals surface area contributed by atoms with Gasteiger partial charge in [0.1, 0.15) is 11.5 Å². The molecule has 0 bridgehead atoms. The van der Waals surface area contributed by atoms with Crippen LogP contribution in [0.2, 0.25) is 0 Å². The van der Waals surface area contributed by atoms with Gasteiger partial charge in [-0.3, -0.25) is 0 Å². The number of rotatable bonds is 5. The molecular formula is C24H26N2O2. The van der Waals surface area contributed by atoms with Crippen molar-refractivity contribution in [3.8, 4) is 11.5 Å². The van der Waals surface area contributed by atoms with Crippen molar-refractivity contribution in [2.45, 2.75) is 12.1 Å². The van der Waals surface area contributed by atoms with Crippen molar-refractivity contribution < 1.29 is 9.47 Å². The van der Waals surface area contributed by atoms with E-state index in [1.807, 2.05) is 18.2 Å². The Balaban J connectivity index is 2.00. The first-order chi connectivity index (χ1) is 13.6. The number of ether oxygens (including phenoxy) is 2. The molecule has 1 aliphatic rings. The molecule has 0 aromatic heterocycles. The van der Waals surface area contributed by atoms with Crippen molar-refractivity contribution in [1.82, 2.24) is 0 Å². The van der Waals surface area contributed by atoms with Crippen molar-refractivity contribution in [3.05, 3.63) is 83.9 Å². The van der Waals surface area contributed by atoms with Gasteiger partial charge in [-0.05, 0) is 29.8 Å². The predicted octanol–water partition coefficient (Wildman–Crippen LogP) is 4.69. The fraction of sp³-hybridized carbons (Fsp3) is 0.250. The first-order valence-electron chi connectivity index (χ1n) is 9.45. The van der Waals surface area contributed by atoms with Gasteiger partial charge >= 0.3 is 0 Å². The summed E-state index contributed by atoms with van der Waals surface area (Å²) in [6.07, 6.45) is 0.784. The molecule has 144 valence electrons. The normalized spacial score (nSPS) is 14.7. The monoisotopic (exact) mass is 374 g/mol. The zero-order valence-corrected chi connectivity index (χ0v) is 16.8. The maximum Gasteiger partial charge on any atom is 0.150 e. The van der Waals surface area contributed by atoms with Crippen LogP contribution in [-0.4, -0.2) is 28.3 Å². The molecule has 0 fully saturated rings. The molecule has 0 unspecified atom stereocenters. The zero-order chi connectivity index (χ0) is 19.7. The number of para-hydroxylation sites is 2. The van der Waals surface area contributed by atoms with Crippen molar-refractivity contribution in [2.24, 2.45) is 0 Å². The molecule has 3 aromatic carbocycles. The Morgan fingerprint density at radius 2 is 1.18 bits per heavy atom. The smallest absolute Gasteiger partial charge is 0.150 e. The highest BCUT2D eigenvalue weighted by Gasteiger charge is 2.50. The minimum Gasteiger partial charge on any atom is -0.496 e. The summed E-state index contributed by atoms with van der Waals surface area (Å²) in [5.74, 6) is 1.64. The summed E-state index contributed by atoms with van der Waals surface area (Å²) in [6, 6.07) is 25.1. The van der Waals surface area contributed by atoms with E-state index >= 15 is 0 Å². The molecule has 0 aliphatic carbocycles. The fourth-order valence-electron chi connectivity index (χ4n) is 4.44. The molecule has 0 spiro atoms. The van der Waals surface area contributed by atoms with Crippen molar-refractivity contribution >= 4 is 11.4 Å². The number of benzene rings is 3. The number of hydrogen-bond donors (Lipinski definition) is 0. The highest BCUT2D eigenvalue weighted by Crippen LogP contribution is 2.54. The van der Waals surface area contributed by atoms with E-state index in [0.29, 0.717) is 0 Å². The van der Waals surface area contributed by atoms with E-state index in [4.69, 9.17) is 9.47 Å². The first-order valence-corrected chi connectivity index (χ1v) is 9.45. The molecule has 0 N–H and O–H groups in total. The maximum atomic E-state index is 5.83. The quantitative estimate of drug-likeness (QED) is 0.647. The van der Waals surface area contributed by atoms with Gasteiger partial charge in [-0.1, -0.05) is 48.5 Å². The maximum absolute atomic E-state index is 5.83. The van der Waals surface area contributed by atoms with Crippen LogP contribution in [0, 0.1) is 0 Å². The van der Waals surface area contributed by atoms with E-state index in [0.717, 1.165) is 23.5 Å². The van der Waals surface area contributed by atoms with Crippen LogP contribution >= 0.6 is 0 Å². The molecule has 3 aromatic rings. The predicted molar refractivity (Wildman–Crippen MR) is 115 cm³/mol. The summed E-state index contributed by atoms with van der Waals surface area (Å²) in [6.45, 7) is 0. The molecule has 4 rings (SSSR count). The van der Waals surface area contributed by atoms with Crippen LogP contribution in [0.4, 0.5) is 11.4 Å². The molecule has 0 radical (unpaired) electrons. The van der Waals surface area contributed by atoms with Crippen LogP contribution < -0.4 is 19.3 Å². The number of fused-ring (bicyclic) bond motifs is 1. The minimum atomic E-state index is -0.483. The molecule has 28 heavy (non-hydrogen) atoms. The second-order valence-corrected chi connectivity index (χ2v) is 7.12. The fourth-order valence-corrected chi connectivity index (χ4v) is 4.44. The number of nitrogens with zero attached hydrogens (tertiary/aromatic N) is 2. The first kappa shape index (κ1) is 18.2. The third-order valence-corrected chi connectivity index (χ3v) is 5.84. The van der Waals surface area contributed by atoms with E-state index in [1.165, 1.54) is 16.9 Å². The molecule has 0 saturated carbocycles. The molecular weight excluding hydrogens is 348 g/mol. The summed E-state index contributed by atoms with van der Waals surface area (Å²) in [5, 5.41) is 0. The zero-order valence-electron chi connectivity index (χ0n) is 16.8. The van der Waals surface area contributed by atoms with Crippen LogP contribution in [-0.2, 0) is 12.1 Å². The lowest BCUT2D eigenvalue weighted by atomic mass is 9.88. The van der Waals surface area contributed by atoms with E-state index in [2.05, 4.69) is 78.5 Å². The molecule has 0 amide bonds. The van der Waals surface area contributed by atoms with E-state index in [-0.39, 0.29) is 0 Å². The van der Waals surface area contributed by atoms with Gasteiger partial charge in [0.25, 0.3) is 0 Å². The van der Waals surface area contributed by atoms with E-state index in [1.54, 1.807) is 14.2 Å². The van der Waals surface area contributed by atoms with Gasteiger partial charge in [0.2, 0.25) is 0 Å². The lowest BCUT2D eigenvalue weighted by Gasteiger charge is -2.44. The standard InChI is InChI=1S/C24H26N2O2/c1-25-19-13-8-9-14-20(19)26(2)24(25,17-18-11-6-5-7-12-18)23-21(27-3)15-10-16-22(23)28-4/h5-16H,17H2,1-4H3. The van der Waals surface area contributed by atoms with Crippen LogP contribution in [0.1, 0.15) is 11.1 Å². The van der Waals surface area contributed by atoms with Crippen LogP contribution in [0.5, 0.6) is 11.5 Å². The number of hydrogen-bond acceptors (Lipinski definition) is 4. The Morgan fingerprint density at radius 3 is 1.68 bits per heavy atom. The van der Waals surface area contributed by atoms with Crippen molar-refractivity contribution in [2.75, 3.05) is 38.1 Å². The van der Waals surface area contributed by atoms with Gasteiger partial charge in [0, 0.05) is 20.5 Å². The summed E-state index contributed by atoms with van der Waals surface area (Å²) < 4.78 is 11.7. The van der Waals surface area contributed by atoms with Gasteiger partial charge in [0.05, 0.1) is 31.2 Å². The Bertz CT molecular complexity index is 920. The lowest BCUT2D eigenvalue weighted by molar-refractivity contribution is 0.341. The Labute approximate surface area is 166 Å². The third-order valence-electron chi connectivity index (χ3n) is 5.84. The second kappa shape index (κ2) is 7.12. The third kappa shape index (κ3) is 2.60. The topological polar surface area (TPSA) is 24.9 Å². The van der Waals surface area contributed by atoms with Crippen LogP contribution in [0.25, 0.3) is 0 Å². The van der Waals surface area contributed by atoms with E-state index < -0.39 is 5.66 Å². The Morgan fingerprint density at radius 1 is 0.679 bits per heavy atom. The van der Waals surface area contributed by atoms with Gasteiger partial charge in [-0.2, -0.15) is 0 Å². The van der Waals surface area contributed by atoms with Gasteiger partial charge < -0.3 is 19.3 Å². The molecule has 4 heteroatoms. The van der Waals surface area contributed by atoms with Crippen molar-refractivity contribution in [1.29, 1.82) is 0 Å².